The van der Waals surface area contributed by atoms with Gasteiger partial charge in [-0.25, -0.2) is 4.98 Å². The molecule has 0 saturated carbocycles. The van der Waals surface area contributed by atoms with Gasteiger partial charge in [0.25, 0.3) is 0 Å². The van der Waals surface area contributed by atoms with Crippen molar-refractivity contribution in [1.82, 2.24) is 19.3 Å². The molecule has 0 unspecified atom stereocenters. The number of para-hydroxylation sites is 1. The molecule has 7 aromatic rings. The fourth-order valence-electron chi connectivity index (χ4n) is 6.12. The van der Waals surface area contributed by atoms with Gasteiger partial charge in [0.2, 0.25) is 0 Å². The average molecular weight is 695 g/mol. The molecule has 0 aliphatic rings. The van der Waals surface area contributed by atoms with Gasteiger partial charge < -0.3 is 9.30 Å². The number of fused-ring (bicyclic) bond motifs is 3. The number of rotatable bonds is 8. The SMILES string of the molecule is Cc1ccnc(-n2c3[c-]c(Oc4[c-]c(-n5nc(C(C)C)c(-c6ccccc6)c5CC(C)C)ccc4)ccc3c3ccccc32)c1.[Pd+2]. The Morgan fingerprint density at radius 1 is 0.783 bits per heavy atom. The van der Waals surface area contributed by atoms with Crippen molar-refractivity contribution in [2.24, 2.45) is 5.92 Å². The molecule has 3 heterocycles. The summed E-state index contributed by atoms with van der Waals surface area (Å²) in [4.78, 5) is 4.70. The second kappa shape index (κ2) is 13.1. The molecule has 6 heteroatoms. The van der Waals surface area contributed by atoms with Gasteiger partial charge in [-0.2, -0.15) is 17.2 Å². The first kappa shape index (κ1) is 31.5. The Bertz CT molecular complexity index is 2140. The van der Waals surface area contributed by atoms with Crippen molar-refractivity contribution < 1.29 is 25.2 Å². The molecule has 0 aliphatic carbocycles. The van der Waals surface area contributed by atoms with E-state index in [0.717, 1.165) is 51.0 Å². The van der Waals surface area contributed by atoms with Gasteiger partial charge in [0.15, 0.2) is 0 Å². The number of aryl methyl sites for hydroxylation is 1. The smallest absolute Gasteiger partial charge is 0.509 e. The van der Waals surface area contributed by atoms with Crippen molar-refractivity contribution in [2.75, 3.05) is 0 Å². The number of hydrogen-bond acceptors (Lipinski definition) is 3. The van der Waals surface area contributed by atoms with Gasteiger partial charge in [0.1, 0.15) is 5.82 Å². The third kappa shape index (κ3) is 5.91. The van der Waals surface area contributed by atoms with Crippen molar-refractivity contribution in [3.05, 3.63) is 132 Å². The molecule has 46 heavy (non-hydrogen) atoms. The first-order valence-corrected chi connectivity index (χ1v) is 15.6. The summed E-state index contributed by atoms with van der Waals surface area (Å²) >= 11 is 0. The van der Waals surface area contributed by atoms with Gasteiger partial charge in [-0.3, -0.25) is 4.68 Å². The van der Waals surface area contributed by atoms with E-state index in [1.165, 1.54) is 16.8 Å². The molecule has 0 radical (unpaired) electrons. The molecule has 232 valence electrons. The van der Waals surface area contributed by atoms with Crippen molar-refractivity contribution in [3.8, 4) is 34.1 Å². The van der Waals surface area contributed by atoms with Gasteiger partial charge in [0, 0.05) is 28.8 Å². The molecule has 0 bridgehead atoms. The van der Waals surface area contributed by atoms with Crippen molar-refractivity contribution in [2.45, 2.75) is 47.0 Å². The Morgan fingerprint density at radius 3 is 2.30 bits per heavy atom. The molecule has 4 aromatic carbocycles. The van der Waals surface area contributed by atoms with E-state index in [9.17, 15) is 0 Å². The number of hydrogen-bond donors (Lipinski definition) is 0. The number of pyridine rings is 1. The zero-order valence-electron chi connectivity index (χ0n) is 26.7. The number of aromatic nitrogens is 4. The fourth-order valence-corrected chi connectivity index (χ4v) is 6.12. The molecule has 0 aliphatic heterocycles. The first-order valence-electron chi connectivity index (χ1n) is 15.6. The van der Waals surface area contributed by atoms with E-state index < -0.39 is 0 Å². The van der Waals surface area contributed by atoms with Crippen LogP contribution < -0.4 is 4.74 Å². The molecule has 7 rings (SSSR count). The zero-order chi connectivity index (χ0) is 31.1. The minimum absolute atomic E-state index is 0. The third-order valence-electron chi connectivity index (χ3n) is 8.11. The molecule has 0 saturated heterocycles. The van der Waals surface area contributed by atoms with Crippen LogP contribution in [-0.4, -0.2) is 19.3 Å². The summed E-state index contributed by atoms with van der Waals surface area (Å²) < 4.78 is 10.7. The third-order valence-corrected chi connectivity index (χ3v) is 8.11. The largest absolute Gasteiger partial charge is 2.00 e. The van der Waals surface area contributed by atoms with Crippen LogP contribution in [0.5, 0.6) is 11.5 Å². The number of nitrogens with zero attached hydrogens (tertiary/aromatic N) is 4. The maximum absolute atomic E-state index is 6.46. The van der Waals surface area contributed by atoms with Crippen molar-refractivity contribution in [1.29, 1.82) is 0 Å². The molecule has 0 N–H and O–H groups in total. The first-order chi connectivity index (χ1) is 21.9. The summed E-state index contributed by atoms with van der Waals surface area (Å²) in [5.41, 5.74) is 8.70. The summed E-state index contributed by atoms with van der Waals surface area (Å²) in [6.07, 6.45) is 2.74. The fraction of sp³-hybridized carbons (Fsp3) is 0.200. The Labute approximate surface area is 284 Å². The summed E-state index contributed by atoms with van der Waals surface area (Å²) in [6, 6.07) is 40.3. The van der Waals surface area contributed by atoms with Gasteiger partial charge in [-0.05, 0) is 65.6 Å². The molecule has 0 spiro atoms. The van der Waals surface area contributed by atoms with Crippen LogP contribution in [0.2, 0.25) is 0 Å². The van der Waals surface area contributed by atoms with Crippen LogP contribution >= 0.6 is 0 Å². The van der Waals surface area contributed by atoms with Crippen LogP contribution in [0.1, 0.15) is 50.6 Å². The van der Waals surface area contributed by atoms with Crippen LogP contribution in [0.25, 0.3) is 44.4 Å². The van der Waals surface area contributed by atoms with E-state index in [0.29, 0.717) is 17.4 Å². The minimum Gasteiger partial charge on any atom is -0.509 e. The van der Waals surface area contributed by atoms with Crippen LogP contribution in [0.4, 0.5) is 0 Å². The minimum atomic E-state index is 0. The Balaban J connectivity index is 0.00000372. The monoisotopic (exact) mass is 694 g/mol. The molecular formula is C40H36N4OPd. The maximum Gasteiger partial charge on any atom is 2.00 e. The van der Waals surface area contributed by atoms with Crippen LogP contribution in [0.15, 0.2) is 103 Å². The van der Waals surface area contributed by atoms with E-state index in [-0.39, 0.29) is 26.3 Å². The molecule has 0 amide bonds. The molecule has 0 atom stereocenters. The zero-order valence-corrected chi connectivity index (χ0v) is 28.2. The summed E-state index contributed by atoms with van der Waals surface area (Å²) in [6.45, 7) is 11.0. The molecule has 0 fully saturated rings. The van der Waals surface area contributed by atoms with E-state index in [1.807, 2.05) is 30.5 Å². The van der Waals surface area contributed by atoms with Crippen LogP contribution in [0.3, 0.4) is 0 Å². The summed E-state index contributed by atoms with van der Waals surface area (Å²) in [5.74, 6) is 2.80. The number of benzene rings is 4. The van der Waals surface area contributed by atoms with Crippen molar-refractivity contribution in [3.63, 3.8) is 0 Å². The summed E-state index contributed by atoms with van der Waals surface area (Å²) in [7, 11) is 0. The Kier molecular flexibility index (Phi) is 8.95. The second-order valence-electron chi connectivity index (χ2n) is 12.4. The topological polar surface area (TPSA) is 44.9 Å². The van der Waals surface area contributed by atoms with E-state index in [4.69, 9.17) is 14.8 Å². The maximum atomic E-state index is 6.46. The number of ether oxygens (including phenoxy) is 1. The second-order valence-corrected chi connectivity index (χ2v) is 12.4. The van der Waals surface area contributed by atoms with E-state index in [1.54, 1.807) is 0 Å². The Hall–Kier alpha value is -4.50. The average Bonchev–Trinajstić information content (AvgIpc) is 3.57. The molecular weight excluding hydrogens is 659 g/mol. The van der Waals surface area contributed by atoms with Gasteiger partial charge in [-0.15, -0.1) is 35.7 Å². The van der Waals surface area contributed by atoms with Crippen LogP contribution in [0, 0.1) is 25.0 Å². The van der Waals surface area contributed by atoms with Crippen molar-refractivity contribution >= 4 is 21.8 Å². The standard InChI is InChI=1S/C40H36N4O.Pd/c1-26(2)22-37-39(29-12-7-6-8-13-29)40(27(3)4)42-44(37)30-14-11-15-31(24-30)45-32-18-19-34-33-16-9-10-17-35(33)43(36(34)25-32)38-23-28(5)20-21-41-38;/h6-21,23,26-27H,22H2,1-5H3;/q-2;+2. The summed E-state index contributed by atoms with van der Waals surface area (Å²) in [5, 5.41) is 7.44. The van der Waals surface area contributed by atoms with Gasteiger partial charge in [-0.1, -0.05) is 81.7 Å². The van der Waals surface area contributed by atoms with E-state index in [2.05, 4.69) is 129 Å². The van der Waals surface area contributed by atoms with Crippen LogP contribution in [-0.2, 0) is 26.8 Å². The Morgan fingerprint density at radius 2 is 1.54 bits per heavy atom. The van der Waals surface area contributed by atoms with Gasteiger partial charge in [0.05, 0.1) is 11.4 Å². The molecule has 5 nitrogen and oxygen atoms in total. The van der Waals surface area contributed by atoms with Gasteiger partial charge >= 0.3 is 20.4 Å². The molecule has 3 aromatic heterocycles. The normalized spacial score (nSPS) is 11.5. The van der Waals surface area contributed by atoms with E-state index >= 15 is 0 Å². The predicted octanol–water partition coefficient (Wildman–Crippen LogP) is 10.1. The predicted molar refractivity (Wildman–Crippen MR) is 183 cm³/mol. The quantitative estimate of drug-likeness (QED) is 0.118.